The largest absolute Gasteiger partial charge is 0.744 e. The molecule has 1 aromatic heterocycles. The average Bonchev–Trinajstić information content (AvgIpc) is 3.45. The van der Waals surface area contributed by atoms with Gasteiger partial charge in [0.05, 0.1) is 17.6 Å². The van der Waals surface area contributed by atoms with Crippen LogP contribution in [0.4, 0.5) is 0 Å². The molecule has 1 aromatic carbocycles. The zero-order valence-corrected chi connectivity index (χ0v) is 19.6. The quantitative estimate of drug-likeness (QED) is 0.171. The van der Waals surface area contributed by atoms with E-state index in [1.807, 2.05) is 6.92 Å². The molecule has 0 atom stereocenters. The van der Waals surface area contributed by atoms with Gasteiger partial charge in [0.1, 0.15) is 10.1 Å². The molecule has 0 unspecified atom stereocenters. The van der Waals surface area contributed by atoms with Crippen molar-refractivity contribution in [2.75, 3.05) is 13.0 Å². The summed E-state index contributed by atoms with van der Waals surface area (Å²) in [6.07, 6.45) is 2.30. The third kappa shape index (κ3) is 6.29. The Kier molecular flexibility index (Phi) is 7.64. The van der Waals surface area contributed by atoms with Gasteiger partial charge in [0.25, 0.3) is 10.3 Å². The molecule has 1 heterocycles. The molecule has 0 amide bonds. The molecule has 1 fully saturated rings. The van der Waals surface area contributed by atoms with Crippen molar-refractivity contribution in [3.8, 4) is 11.8 Å². The van der Waals surface area contributed by atoms with Crippen molar-refractivity contribution in [3.05, 3.63) is 56.8 Å². The maximum Gasteiger partial charge on any atom is 0.338 e. The van der Waals surface area contributed by atoms with Gasteiger partial charge in [-0.1, -0.05) is 28.3 Å². The summed E-state index contributed by atoms with van der Waals surface area (Å²) in [5.41, 5.74) is 3.02. The van der Waals surface area contributed by atoms with E-state index in [1.54, 1.807) is 38.1 Å². The summed E-state index contributed by atoms with van der Waals surface area (Å²) in [7, 11) is -2.99. The van der Waals surface area contributed by atoms with Crippen LogP contribution in [-0.2, 0) is 14.9 Å². The van der Waals surface area contributed by atoms with Gasteiger partial charge < -0.3 is 9.29 Å². The number of ether oxygens (including phenoxy) is 1. The highest BCUT2D eigenvalue weighted by molar-refractivity contribution is 9.10. The van der Waals surface area contributed by atoms with Gasteiger partial charge in [-0.05, 0) is 44.7 Å². The lowest BCUT2D eigenvalue weighted by atomic mass is 10.1. The molecule has 160 valence electrons. The van der Waals surface area contributed by atoms with E-state index >= 15 is 0 Å². The van der Waals surface area contributed by atoms with Crippen molar-refractivity contribution in [2.45, 2.75) is 38.5 Å². The summed E-state index contributed by atoms with van der Waals surface area (Å²) >= 11 is 3.28. The minimum atomic E-state index is -4.33. The first kappa shape index (κ1) is 23.9. The number of carbonyl (C=O) groups excluding carboxylic acids is 1. The molecule has 0 aliphatic heterocycles. The topological polar surface area (TPSA) is 113 Å². The first-order valence-corrected chi connectivity index (χ1v) is 11.3. The zero-order valence-electron chi connectivity index (χ0n) is 17.2. The second-order valence-electron chi connectivity index (χ2n) is 7.04. The van der Waals surface area contributed by atoms with E-state index in [4.69, 9.17) is 5.84 Å². The number of methoxy groups -OCH3 is 1. The van der Waals surface area contributed by atoms with Gasteiger partial charge in [-0.2, -0.15) is 0 Å². The smallest absolute Gasteiger partial charge is 0.338 e. The molecule has 0 radical (unpaired) electrons. The third-order valence-corrected chi connectivity index (χ3v) is 6.07. The first-order valence-electron chi connectivity index (χ1n) is 9.08. The Bertz CT molecular complexity index is 1120. The van der Waals surface area contributed by atoms with Crippen molar-refractivity contribution in [1.82, 2.24) is 0 Å². The number of hydrogen-bond donors (Lipinski definition) is 1. The molecular weight excluding hydrogens is 472 g/mol. The summed E-state index contributed by atoms with van der Waals surface area (Å²) < 4.78 is 39.1. The van der Waals surface area contributed by atoms with Crippen molar-refractivity contribution >= 4 is 32.0 Å². The van der Waals surface area contributed by atoms with Gasteiger partial charge in [-0.25, -0.2) is 19.1 Å². The van der Waals surface area contributed by atoms with E-state index in [0.29, 0.717) is 32.9 Å². The van der Waals surface area contributed by atoms with E-state index < -0.39 is 16.1 Å². The number of esters is 1. The number of nitrogens with zero attached hydrogens (tertiary/aromatic N) is 1. The maximum atomic E-state index is 11.4. The first-order chi connectivity index (χ1) is 13.9. The fourth-order valence-electron chi connectivity index (χ4n) is 2.87. The van der Waals surface area contributed by atoms with Crippen LogP contribution in [0.25, 0.3) is 0 Å². The Labute approximate surface area is 185 Å². The minimum Gasteiger partial charge on any atom is -0.744 e. The normalized spacial score (nSPS) is 12.9. The lowest BCUT2D eigenvalue weighted by Crippen LogP contribution is -2.49. The molecule has 1 aliphatic rings. The molecule has 0 spiro atoms. The summed E-state index contributed by atoms with van der Waals surface area (Å²) in [5, 5.41) is 0. The number of aryl methyl sites for hydroxylation is 3. The van der Waals surface area contributed by atoms with Crippen LogP contribution < -0.4 is 10.5 Å². The van der Waals surface area contributed by atoms with Gasteiger partial charge in [0.15, 0.2) is 0 Å². The average molecular weight is 495 g/mol. The molecular formula is C21H23BrN2O5S. The fourth-order valence-corrected chi connectivity index (χ4v) is 4.21. The summed E-state index contributed by atoms with van der Waals surface area (Å²) in [5.74, 6) is 12.0. The highest BCUT2D eigenvalue weighted by Crippen LogP contribution is 2.27. The third-order valence-electron chi connectivity index (χ3n) is 4.31. The molecule has 9 heteroatoms. The second kappa shape index (κ2) is 9.60. The van der Waals surface area contributed by atoms with Crippen LogP contribution in [0.1, 0.15) is 45.6 Å². The molecule has 3 rings (SSSR count). The Morgan fingerprint density at radius 3 is 2.23 bits per heavy atom. The number of hydrogen-bond acceptors (Lipinski definition) is 6. The van der Waals surface area contributed by atoms with Crippen LogP contribution in [0.15, 0.2) is 33.8 Å². The minimum absolute atomic E-state index is 0.0851. The van der Waals surface area contributed by atoms with E-state index in [2.05, 4.69) is 32.5 Å². The lowest BCUT2D eigenvalue weighted by Gasteiger charge is -2.14. The second-order valence-corrected chi connectivity index (χ2v) is 9.17. The van der Waals surface area contributed by atoms with Gasteiger partial charge in [-0.3, -0.25) is 0 Å². The monoisotopic (exact) mass is 494 g/mol. The molecule has 30 heavy (non-hydrogen) atoms. The van der Waals surface area contributed by atoms with Gasteiger partial charge in [0, 0.05) is 39.9 Å². The Hall–Kier alpha value is -2.41. The van der Waals surface area contributed by atoms with Gasteiger partial charge in [-0.15, -0.1) is 0 Å². The van der Waals surface area contributed by atoms with Crippen molar-refractivity contribution < 1.29 is 27.2 Å². The van der Waals surface area contributed by atoms with Crippen molar-refractivity contribution in [2.24, 2.45) is 5.92 Å². The fraction of sp³-hybridized carbons (Fsp3) is 0.333. The number of halogens is 1. The molecule has 0 saturated heterocycles. The van der Waals surface area contributed by atoms with E-state index in [1.165, 1.54) is 11.8 Å². The summed E-state index contributed by atoms with van der Waals surface area (Å²) in [4.78, 5) is 11.4. The predicted octanol–water partition coefficient (Wildman–Crippen LogP) is 2.51. The number of pyridine rings is 1. The lowest BCUT2D eigenvalue weighted by molar-refractivity contribution is -0.652. The number of aromatic nitrogens is 1. The number of nitrogen functional groups attached to an aromatic ring is 1. The predicted molar refractivity (Wildman–Crippen MR) is 114 cm³/mol. The van der Waals surface area contributed by atoms with Crippen LogP contribution in [0.2, 0.25) is 0 Å². The molecule has 7 nitrogen and oxygen atoms in total. The number of benzene rings is 1. The van der Waals surface area contributed by atoms with Crippen LogP contribution >= 0.6 is 15.9 Å². The SMILES string of the molecule is COC(=O)c1cc(Br)[n+](N)c(C#CC2CC2)c1.Cc1cc(C)c(S(=O)(=O)[O-])c(C)c1. The van der Waals surface area contributed by atoms with Crippen LogP contribution in [0.5, 0.6) is 0 Å². The zero-order chi connectivity index (χ0) is 22.6. The molecule has 1 aliphatic carbocycles. The number of nitrogens with two attached hydrogens (primary N) is 1. The Balaban J connectivity index is 0.000000222. The molecule has 0 bridgehead atoms. The van der Waals surface area contributed by atoms with Gasteiger partial charge >= 0.3 is 5.97 Å². The summed E-state index contributed by atoms with van der Waals surface area (Å²) in [6, 6.07) is 6.62. The number of rotatable bonds is 2. The Morgan fingerprint density at radius 2 is 1.77 bits per heavy atom. The molecule has 2 aromatic rings. The van der Waals surface area contributed by atoms with E-state index in [-0.39, 0.29) is 4.90 Å². The maximum absolute atomic E-state index is 11.4. The molecule has 1 saturated carbocycles. The van der Waals surface area contributed by atoms with E-state index in [0.717, 1.165) is 18.4 Å². The van der Waals surface area contributed by atoms with Crippen LogP contribution in [0, 0.1) is 38.5 Å². The Morgan fingerprint density at radius 1 is 1.20 bits per heavy atom. The van der Waals surface area contributed by atoms with Crippen molar-refractivity contribution in [1.29, 1.82) is 0 Å². The van der Waals surface area contributed by atoms with Crippen LogP contribution in [-0.4, -0.2) is 26.0 Å². The highest BCUT2D eigenvalue weighted by atomic mass is 79.9. The standard InChI is InChI=1S/C12H11BrN2O2.C9H12O3S/c1-17-12(16)9-6-10(5-4-8-2-3-8)15(14)11(13)7-9;1-6-4-7(2)9(8(3)5-6)13(10,11)12/h6-8H,2-3H2,1H3,(H-,14,16);4-5H,1-3H3,(H,10,11,12). The summed E-state index contributed by atoms with van der Waals surface area (Å²) in [6.45, 7) is 5.12. The van der Waals surface area contributed by atoms with Crippen LogP contribution in [0.3, 0.4) is 0 Å². The molecule has 2 N–H and O–H groups in total. The van der Waals surface area contributed by atoms with E-state index in [9.17, 15) is 17.8 Å². The van der Waals surface area contributed by atoms with Gasteiger partial charge in [0.2, 0.25) is 0 Å². The highest BCUT2D eigenvalue weighted by Gasteiger charge is 2.20. The number of carbonyl (C=O) groups is 1. The van der Waals surface area contributed by atoms with Crippen molar-refractivity contribution in [3.63, 3.8) is 0 Å².